The number of aromatic amines is 1. The van der Waals surface area contributed by atoms with Crippen molar-refractivity contribution in [1.29, 1.82) is 0 Å². The Kier molecular flexibility index (Phi) is 3.25. The molecule has 0 saturated carbocycles. The molecule has 0 unspecified atom stereocenters. The minimum Gasteiger partial charge on any atom is -0.444 e. The highest BCUT2D eigenvalue weighted by atomic mass is 16.4. The van der Waals surface area contributed by atoms with Crippen LogP contribution in [0.25, 0.3) is 10.9 Å². The van der Waals surface area contributed by atoms with Gasteiger partial charge in [-0.3, -0.25) is 4.79 Å². The molecule has 2 N–H and O–H groups in total. The van der Waals surface area contributed by atoms with Gasteiger partial charge in [-0.15, -0.1) is 0 Å². The minimum atomic E-state index is -0.135. The summed E-state index contributed by atoms with van der Waals surface area (Å²) in [4.78, 5) is 19.3. The lowest BCUT2D eigenvalue weighted by Gasteiger charge is -2.03. The van der Waals surface area contributed by atoms with Crippen LogP contribution in [-0.2, 0) is 13.0 Å². The van der Waals surface area contributed by atoms with Gasteiger partial charge in [0.15, 0.2) is 0 Å². The number of carbonyl (C=O) groups excluding carboxylic acids is 1. The molecule has 2 aromatic heterocycles. The zero-order valence-corrected chi connectivity index (χ0v) is 11.1. The first kappa shape index (κ1) is 12.5. The number of fused-ring (bicyclic) bond motifs is 1. The molecule has 0 saturated heterocycles. The Morgan fingerprint density at radius 3 is 3.10 bits per heavy atom. The maximum atomic E-state index is 12.1. The van der Waals surface area contributed by atoms with E-state index in [1.165, 1.54) is 0 Å². The van der Waals surface area contributed by atoms with E-state index in [2.05, 4.69) is 15.3 Å². The molecule has 0 aliphatic rings. The average Bonchev–Trinajstić information content (AvgIpc) is 3.12. The van der Waals surface area contributed by atoms with Crippen molar-refractivity contribution in [3.8, 4) is 0 Å². The number of benzene rings is 1. The molecule has 0 radical (unpaired) electrons. The molecule has 1 amide bonds. The van der Waals surface area contributed by atoms with Gasteiger partial charge >= 0.3 is 0 Å². The molecular formula is C15H15N3O2. The third-order valence-electron chi connectivity index (χ3n) is 3.17. The standard InChI is InChI=1S/C15H15N3O2/c1-2-12-8-17-14(20-12)9-18-15(19)11-3-4-13-10(7-11)5-6-16-13/h3-8,16H,2,9H2,1H3,(H,18,19). The molecule has 102 valence electrons. The Bertz CT molecular complexity index is 742. The second-order valence-electron chi connectivity index (χ2n) is 4.54. The fraction of sp³-hybridized carbons (Fsp3) is 0.200. The first-order valence-corrected chi connectivity index (χ1v) is 6.55. The van der Waals surface area contributed by atoms with Crippen molar-refractivity contribution in [2.24, 2.45) is 0 Å². The van der Waals surface area contributed by atoms with E-state index < -0.39 is 0 Å². The van der Waals surface area contributed by atoms with Gasteiger partial charge in [0.25, 0.3) is 5.91 Å². The van der Waals surface area contributed by atoms with Crippen molar-refractivity contribution in [2.75, 3.05) is 0 Å². The molecule has 5 nitrogen and oxygen atoms in total. The number of nitrogens with one attached hydrogen (secondary N) is 2. The van der Waals surface area contributed by atoms with E-state index in [9.17, 15) is 4.79 Å². The van der Waals surface area contributed by atoms with Crippen LogP contribution >= 0.6 is 0 Å². The third kappa shape index (κ3) is 2.42. The zero-order valence-electron chi connectivity index (χ0n) is 11.1. The topological polar surface area (TPSA) is 70.9 Å². The second-order valence-corrected chi connectivity index (χ2v) is 4.54. The molecule has 5 heteroatoms. The lowest BCUT2D eigenvalue weighted by molar-refractivity contribution is 0.0947. The number of aryl methyl sites for hydroxylation is 1. The molecule has 0 atom stereocenters. The highest BCUT2D eigenvalue weighted by Gasteiger charge is 2.08. The molecule has 1 aromatic carbocycles. The van der Waals surface area contributed by atoms with Gasteiger partial charge in [-0.2, -0.15) is 0 Å². The van der Waals surface area contributed by atoms with Crippen molar-refractivity contribution in [3.05, 3.63) is 53.9 Å². The van der Waals surface area contributed by atoms with E-state index in [1.807, 2.05) is 31.3 Å². The first-order valence-electron chi connectivity index (χ1n) is 6.55. The SMILES string of the molecule is CCc1cnc(CNC(=O)c2ccc3[nH]ccc3c2)o1. The molecule has 0 spiro atoms. The molecule has 0 aliphatic carbocycles. The average molecular weight is 269 g/mol. The van der Waals surface area contributed by atoms with Crippen molar-refractivity contribution in [1.82, 2.24) is 15.3 Å². The van der Waals surface area contributed by atoms with E-state index in [0.29, 0.717) is 18.0 Å². The maximum Gasteiger partial charge on any atom is 0.251 e. The number of amides is 1. The van der Waals surface area contributed by atoms with Crippen LogP contribution in [0.15, 0.2) is 41.1 Å². The zero-order chi connectivity index (χ0) is 13.9. The Balaban J connectivity index is 1.69. The van der Waals surface area contributed by atoms with E-state index in [0.717, 1.165) is 23.1 Å². The minimum absolute atomic E-state index is 0.135. The normalized spacial score (nSPS) is 10.8. The third-order valence-corrected chi connectivity index (χ3v) is 3.17. The van der Waals surface area contributed by atoms with Gasteiger partial charge < -0.3 is 14.7 Å². The first-order chi connectivity index (χ1) is 9.76. The van der Waals surface area contributed by atoms with Crippen molar-refractivity contribution < 1.29 is 9.21 Å². The summed E-state index contributed by atoms with van der Waals surface area (Å²) < 4.78 is 5.45. The van der Waals surface area contributed by atoms with Gasteiger partial charge in [0.05, 0.1) is 12.7 Å². The molecular weight excluding hydrogens is 254 g/mol. The van der Waals surface area contributed by atoms with E-state index in [1.54, 1.807) is 12.3 Å². The Hall–Kier alpha value is -2.56. The van der Waals surface area contributed by atoms with E-state index in [4.69, 9.17) is 4.42 Å². The van der Waals surface area contributed by atoms with Gasteiger partial charge in [-0.25, -0.2) is 4.98 Å². The highest BCUT2D eigenvalue weighted by molar-refractivity contribution is 5.97. The summed E-state index contributed by atoms with van der Waals surface area (Å²) >= 11 is 0. The van der Waals surface area contributed by atoms with Crippen LogP contribution in [0.1, 0.15) is 28.9 Å². The number of aromatic nitrogens is 2. The van der Waals surface area contributed by atoms with Crippen LogP contribution in [0.4, 0.5) is 0 Å². The Labute approximate surface area is 116 Å². The van der Waals surface area contributed by atoms with Crippen molar-refractivity contribution in [2.45, 2.75) is 19.9 Å². The molecule has 0 fully saturated rings. The lowest BCUT2D eigenvalue weighted by Crippen LogP contribution is -2.22. The Morgan fingerprint density at radius 2 is 2.30 bits per heavy atom. The Morgan fingerprint density at radius 1 is 1.40 bits per heavy atom. The molecule has 2 heterocycles. The fourth-order valence-corrected chi connectivity index (χ4v) is 2.05. The number of hydrogen-bond donors (Lipinski definition) is 2. The predicted molar refractivity (Wildman–Crippen MR) is 75.3 cm³/mol. The van der Waals surface area contributed by atoms with Gasteiger partial charge in [-0.1, -0.05) is 6.92 Å². The quantitative estimate of drug-likeness (QED) is 0.765. The number of H-pyrrole nitrogens is 1. The molecule has 3 rings (SSSR count). The largest absolute Gasteiger partial charge is 0.444 e. The van der Waals surface area contributed by atoms with Gasteiger partial charge in [-0.05, 0) is 24.3 Å². The van der Waals surface area contributed by atoms with Gasteiger partial charge in [0.2, 0.25) is 5.89 Å². The summed E-state index contributed by atoms with van der Waals surface area (Å²) in [6.45, 7) is 2.29. The van der Waals surface area contributed by atoms with E-state index >= 15 is 0 Å². The fourth-order valence-electron chi connectivity index (χ4n) is 2.05. The summed E-state index contributed by atoms with van der Waals surface area (Å²) in [5.41, 5.74) is 1.64. The predicted octanol–water partition coefficient (Wildman–Crippen LogP) is 2.65. The number of hydrogen-bond acceptors (Lipinski definition) is 3. The maximum absolute atomic E-state index is 12.1. The van der Waals surface area contributed by atoms with Crippen LogP contribution in [-0.4, -0.2) is 15.9 Å². The van der Waals surface area contributed by atoms with Crippen LogP contribution in [0.3, 0.4) is 0 Å². The summed E-state index contributed by atoms with van der Waals surface area (Å²) in [6.07, 6.45) is 4.34. The molecule has 3 aromatic rings. The lowest BCUT2D eigenvalue weighted by atomic mass is 10.1. The van der Waals surface area contributed by atoms with E-state index in [-0.39, 0.29) is 5.91 Å². The summed E-state index contributed by atoms with van der Waals surface area (Å²) in [5.74, 6) is 1.21. The second kappa shape index (κ2) is 5.21. The van der Waals surface area contributed by atoms with Gasteiger partial charge in [0, 0.05) is 29.1 Å². The number of carbonyl (C=O) groups is 1. The molecule has 0 bridgehead atoms. The van der Waals surface area contributed by atoms with Crippen molar-refractivity contribution >= 4 is 16.8 Å². The number of oxazole rings is 1. The molecule has 0 aliphatic heterocycles. The van der Waals surface area contributed by atoms with Gasteiger partial charge in [0.1, 0.15) is 5.76 Å². The highest BCUT2D eigenvalue weighted by Crippen LogP contribution is 2.14. The summed E-state index contributed by atoms with van der Waals surface area (Å²) in [7, 11) is 0. The summed E-state index contributed by atoms with van der Waals surface area (Å²) in [6, 6.07) is 7.48. The number of rotatable bonds is 4. The molecule has 20 heavy (non-hydrogen) atoms. The monoisotopic (exact) mass is 269 g/mol. The van der Waals surface area contributed by atoms with Crippen LogP contribution in [0.2, 0.25) is 0 Å². The van der Waals surface area contributed by atoms with Crippen LogP contribution in [0.5, 0.6) is 0 Å². The number of nitrogens with zero attached hydrogens (tertiary/aromatic N) is 1. The smallest absolute Gasteiger partial charge is 0.251 e. The van der Waals surface area contributed by atoms with Crippen LogP contribution < -0.4 is 5.32 Å². The summed E-state index contributed by atoms with van der Waals surface area (Å²) in [5, 5.41) is 3.82. The van der Waals surface area contributed by atoms with Crippen molar-refractivity contribution in [3.63, 3.8) is 0 Å². The van der Waals surface area contributed by atoms with Crippen LogP contribution in [0, 0.1) is 0 Å².